The molecule has 0 unspecified atom stereocenters. The standard InChI is InChI=1S/C17H23NO4/c1-22-12-11-17(9-2-10-17)16(21)18-14-6-3-13(4-7-14)5-8-15(19)20/h3-4,6-7H,2,5,8-12H2,1H3,(H,18,21)(H,19,20). The molecule has 120 valence electrons. The van der Waals surface area contributed by atoms with Crippen LogP contribution in [-0.2, 0) is 20.7 Å². The first-order valence-electron chi connectivity index (χ1n) is 7.67. The number of hydrogen-bond acceptors (Lipinski definition) is 3. The van der Waals surface area contributed by atoms with Gasteiger partial charge in [0.15, 0.2) is 0 Å². The molecule has 0 spiro atoms. The summed E-state index contributed by atoms with van der Waals surface area (Å²) < 4.78 is 5.11. The van der Waals surface area contributed by atoms with Crippen LogP contribution in [0.4, 0.5) is 5.69 Å². The summed E-state index contributed by atoms with van der Waals surface area (Å²) in [7, 11) is 1.65. The largest absolute Gasteiger partial charge is 0.481 e. The van der Waals surface area contributed by atoms with Crippen molar-refractivity contribution in [3.05, 3.63) is 29.8 Å². The Morgan fingerprint density at radius 1 is 1.27 bits per heavy atom. The van der Waals surface area contributed by atoms with Gasteiger partial charge < -0.3 is 15.2 Å². The number of carboxylic acid groups (broad SMARTS) is 1. The first kappa shape index (κ1) is 16.5. The molecule has 1 amide bonds. The van der Waals surface area contributed by atoms with Gasteiger partial charge in [0.2, 0.25) is 5.91 Å². The summed E-state index contributed by atoms with van der Waals surface area (Å²) in [5.41, 5.74) is 1.43. The lowest BCUT2D eigenvalue weighted by Gasteiger charge is -2.40. The third kappa shape index (κ3) is 4.07. The Hall–Kier alpha value is -1.88. The van der Waals surface area contributed by atoms with Gasteiger partial charge in [0.1, 0.15) is 0 Å². The number of benzene rings is 1. The molecule has 0 bridgehead atoms. The lowest BCUT2D eigenvalue weighted by molar-refractivity contribution is -0.137. The Balaban J connectivity index is 1.92. The van der Waals surface area contributed by atoms with Crippen LogP contribution in [0.25, 0.3) is 0 Å². The molecule has 0 atom stereocenters. The molecule has 22 heavy (non-hydrogen) atoms. The van der Waals surface area contributed by atoms with Crippen molar-refractivity contribution in [2.75, 3.05) is 19.0 Å². The minimum atomic E-state index is -0.803. The van der Waals surface area contributed by atoms with Gasteiger partial charge in [-0.15, -0.1) is 0 Å². The number of nitrogens with one attached hydrogen (secondary N) is 1. The SMILES string of the molecule is COCCC1(C(=O)Nc2ccc(CCC(=O)O)cc2)CCC1. The van der Waals surface area contributed by atoms with Crippen LogP contribution < -0.4 is 5.32 Å². The van der Waals surface area contributed by atoms with E-state index in [0.29, 0.717) is 13.0 Å². The van der Waals surface area contributed by atoms with Gasteiger partial charge in [-0.1, -0.05) is 18.6 Å². The van der Waals surface area contributed by atoms with Crippen molar-refractivity contribution in [2.24, 2.45) is 5.41 Å². The van der Waals surface area contributed by atoms with Crippen molar-refractivity contribution in [3.63, 3.8) is 0 Å². The highest BCUT2D eigenvalue weighted by molar-refractivity contribution is 5.95. The number of anilines is 1. The highest BCUT2D eigenvalue weighted by atomic mass is 16.5. The minimum Gasteiger partial charge on any atom is -0.481 e. The van der Waals surface area contributed by atoms with Crippen LogP contribution in [-0.4, -0.2) is 30.7 Å². The molecule has 1 aromatic rings. The zero-order chi connectivity index (χ0) is 16.0. The number of methoxy groups -OCH3 is 1. The summed E-state index contributed by atoms with van der Waals surface area (Å²) in [5, 5.41) is 11.6. The molecule has 1 aliphatic rings. The van der Waals surface area contributed by atoms with E-state index in [4.69, 9.17) is 9.84 Å². The molecule has 5 nitrogen and oxygen atoms in total. The molecule has 1 fully saturated rings. The van der Waals surface area contributed by atoms with Gasteiger partial charge in [-0.3, -0.25) is 9.59 Å². The summed E-state index contributed by atoms with van der Waals surface area (Å²) >= 11 is 0. The van der Waals surface area contributed by atoms with Crippen molar-refractivity contribution in [1.82, 2.24) is 0 Å². The fourth-order valence-corrected chi connectivity index (χ4v) is 2.76. The Morgan fingerprint density at radius 3 is 2.45 bits per heavy atom. The monoisotopic (exact) mass is 305 g/mol. The van der Waals surface area contributed by atoms with Crippen LogP contribution in [0.3, 0.4) is 0 Å². The number of rotatable bonds is 8. The summed E-state index contributed by atoms with van der Waals surface area (Å²) in [6, 6.07) is 7.39. The van der Waals surface area contributed by atoms with E-state index in [-0.39, 0.29) is 17.7 Å². The topological polar surface area (TPSA) is 75.6 Å². The Bertz CT molecular complexity index is 520. The fraction of sp³-hybridized carbons (Fsp3) is 0.529. The van der Waals surface area contributed by atoms with E-state index >= 15 is 0 Å². The van der Waals surface area contributed by atoms with Crippen LogP contribution in [0, 0.1) is 5.41 Å². The molecule has 2 rings (SSSR count). The highest BCUT2D eigenvalue weighted by Gasteiger charge is 2.43. The first-order valence-corrected chi connectivity index (χ1v) is 7.67. The smallest absolute Gasteiger partial charge is 0.303 e. The number of ether oxygens (including phenoxy) is 1. The normalized spacial score (nSPS) is 15.9. The van der Waals surface area contributed by atoms with E-state index in [1.54, 1.807) is 7.11 Å². The van der Waals surface area contributed by atoms with Crippen molar-refractivity contribution in [1.29, 1.82) is 0 Å². The maximum absolute atomic E-state index is 12.5. The predicted molar refractivity (Wildman–Crippen MR) is 83.8 cm³/mol. The van der Waals surface area contributed by atoms with E-state index in [2.05, 4.69) is 5.32 Å². The molecule has 0 aliphatic heterocycles. The van der Waals surface area contributed by atoms with E-state index in [0.717, 1.165) is 36.9 Å². The van der Waals surface area contributed by atoms with Gasteiger partial charge in [0.05, 0.1) is 5.41 Å². The molecule has 0 heterocycles. The lowest BCUT2D eigenvalue weighted by Crippen LogP contribution is -2.42. The third-order valence-electron chi connectivity index (χ3n) is 4.42. The molecule has 0 aromatic heterocycles. The molecular weight excluding hydrogens is 282 g/mol. The van der Waals surface area contributed by atoms with Gasteiger partial charge in [-0.25, -0.2) is 0 Å². The average molecular weight is 305 g/mol. The third-order valence-corrected chi connectivity index (χ3v) is 4.42. The lowest BCUT2D eigenvalue weighted by atomic mass is 9.66. The van der Waals surface area contributed by atoms with Crippen molar-refractivity contribution < 1.29 is 19.4 Å². The van der Waals surface area contributed by atoms with E-state index in [1.807, 2.05) is 24.3 Å². The second-order valence-corrected chi connectivity index (χ2v) is 5.92. The van der Waals surface area contributed by atoms with Gasteiger partial charge in [0.25, 0.3) is 0 Å². The fourth-order valence-electron chi connectivity index (χ4n) is 2.76. The number of aliphatic carboxylic acids is 1. The van der Waals surface area contributed by atoms with Crippen LogP contribution in [0.2, 0.25) is 0 Å². The zero-order valence-corrected chi connectivity index (χ0v) is 12.9. The number of carbonyl (C=O) groups excluding carboxylic acids is 1. The maximum Gasteiger partial charge on any atom is 0.303 e. The van der Waals surface area contributed by atoms with E-state index < -0.39 is 5.97 Å². The van der Waals surface area contributed by atoms with Crippen molar-refractivity contribution in [2.45, 2.75) is 38.5 Å². The number of amides is 1. The van der Waals surface area contributed by atoms with Crippen LogP contribution in [0.1, 0.15) is 37.7 Å². The van der Waals surface area contributed by atoms with Gasteiger partial charge >= 0.3 is 5.97 Å². The Kier molecular flexibility index (Phi) is 5.55. The second kappa shape index (κ2) is 7.40. The maximum atomic E-state index is 12.5. The Labute approximate surface area is 130 Å². The van der Waals surface area contributed by atoms with Gasteiger partial charge in [-0.2, -0.15) is 0 Å². The van der Waals surface area contributed by atoms with Gasteiger partial charge in [0, 0.05) is 25.8 Å². The minimum absolute atomic E-state index is 0.0640. The molecule has 1 aromatic carbocycles. The quantitative estimate of drug-likeness (QED) is 0.774. The molecule has 2 N–H and O–H groups in total. The highest BCUT2D eigenvalue weighted by Crippen LogP contribution is 2.44. The van der Waals surface area contributed by atoms with Crippen molar-refractivity contribution in [3.8, 4) is 0 Å². The van der Waals surface area contributed by atoms with Crippen molar-refractivity contribution >= 4 is 17.6 Å². The number of aryl methyl sites for hydroxylation is 1. The molecule has 5 heteroatoms. The number of carbonyl (C=O) groups is 2. The van der Waals surface area contributed by atoms with E-state index in [9.17, 15) is 9.59 Å². The molecule has 0 saturated heterocycles. The summed E-state index contributed by atoms with van der Waals surface area (Å²) in [6.07, 6.45) is 4.29. The number of carboxylic acids is 1. The second-order valence-electron chi connectivity index (χ2n) is 5.92. The van der Waals surface area contributed by atoms with Crippen LogP contribution in [0.15, 0.2) is 24.3 Å². The predicted octanol–water partition coefficient (Wildman–Crippen LogP) is 2.85. The summed E-state index contributed by atoms with van der Waals surface area (Å²) in [5.74, 6) is -0.739. The molecule has 0 radical (unpaired) electrons. The molecule has 1 saturated carbocycles. The van der Waals surface area contributed by atoms with Gasteiger partial charge in [-0.05, 0) is 43.4 Å². The Morgan fingerprint density at radius 2 is 1.95 bits per heavy atom. The summed E-state index contributed by atoms with van der Waals surface area (Å²) in [4.78, 5) is 23.0. The zero-order valence-electron chi connectivity index (χ0n) is 12.9. The van der Waals surface area contributed by atoms with Crippen LogP contribution in [0.5, 0.6) is 0 Å². The van der Waals surface area contributed by atoms with Crippen LogP contribution >= 0.6 is 0 Å². The molecule has 1 aliphatic carbocycles. The number of hydrogen-bond donors (Lipinski definition) is 2. The first-order chi connectivity index (χ1) is 10.6. The summed E-state index contributed by atoms with van der Waals surface area (Å²) in [6.45, 7) is 0.599. The van der Waals surface area contributed by atoms with E-state index in [1.165, 1.54) is 0 Å². The molecular formula is C17H23NO4. The average Bonchev–Trinajstić information content (AvgIpc) is 2.45.